The maximum absolute atomic E-state index is 4.31. The fourth-order valence-corrected chi connectivity index (χ4v) is 3.64. The van der Waals surface area contributed by atoms with Crippen LogP contribution < -0.4 is 5.32 Å². The number of pyridine rings is 1. The molecule has 2 aromatic heterocycles. The Morgan fingerprint density at radius 3 is 2.96 bits per heavy atom. The first kappa shape index (κ1) is 15.2. The molecule has 4 rings (SSSR count). The first-order chi connectivity index (χ1) is 11.9. The molecule has 0 spiro atoms. The van der Waals surface area contributed by atoms with Gasteiger partial charge in [-0.25, -0.2) is 4.98 Å². The third-order valence-corrected chi connectivity index (χ3v) is 4.90. The number of piperidine rings is 1. The largest absolute Gasteiger partial charge is 0.369 e. The summed E-state index contributed by atoms with van der Waals surface area (Å²) >= 11 is 0. The lowest BCUT2D eigenvalue weighted by atomic mass is 9.95. The van der Waals surface area contributed by atoms with Crippen LogP contribution in [0.4, 0.5) is 5.82 Å². The normalized spacial score (nSPS) is 18.8. The highest BCUT2D eigenvalue weighted by Gasteiger charge is 2.22. The molecule has 2 N–H and O–H groups in total. The van der Waals surface area contributed by atoms with Crippen LogP contribution in [0.25, 0.3) is 10.9 Å². The van der Waals surface area contributed by atoms with E-state index in [-0.39, 0.29) is 0 Å². The molecular weight excluding hydrogens is 296 g/mol. The summed E-state index contributed by atoms with van der Waals surface area (Å²) in [4.78, 5) is 10.5. The Morgan fingerprint density at radius 1 is 1.17 bits per heavy atom. The van der Waals surface area contributed by atoms with Crippen LogP contribution >= 0.6 is 0 Å². The van der Waals surface area contributed by atoms with Gasteiger partial charge in [0.05, 0.1) is 0 Å². The van der Waals surface area contributed by atoms with Crippen LogP contribution in [-0.2, 0) is 0 Å². The monoisotopic (exact) mass is 320 g/mol. The van der Waals surface area contributed by atoms with Gasteiger partial charge in [0, 0.05) is 43.0 Å². The lowest BCUT2D eigenvalue weighted by Crippen LogP contribution is -2.37. The van der Waals surface area contributed by atoms with E-state index in [1.54, 1.807) is 0 Å². The van der Waals surface area contributed by atoms with Crippen LogP contribution in [0.5, 0.6) is 0 Å². The third kappa shape index (κ3) is 3.44. The summed E-state index contributed by atoms with van der Waals surface area (Å²) in [5.41, 5.74) is 2.64. The second-order valence-electron chi connectivity index (χ2n) is 6.59. The molecule has 0 aliphatic carbocycles. The first-order valence-electron chi connectivity index (χ1n) is 8.83. The van der Waals surface area contributed by atoms with E-state index in [0.717, 1.165) is 25.5 Å². The highest BCUT2D eigenvalue weighted by atomic mass is 15.2. The lowest BCUT2D eigenvalue weighted by Gasteiger charge is -2.32. The molecule has 1 unspecified atom stereocenters. The van der Waals surface area contributed by atoms with E-state index in [2.05, 4.69) is 50.5 Å². The number of H-pyrrole nitrogens is 1. The van der Waals surface area contributed by atoms with Crippen molar-refractivity contribution in [3.63, 3.8) is 0 Å². The zero-order valence-electron chi connectivity index (χ0n) is 13.9. The number of likely N-dealkylation sites (tertiary alicyclic amines) is 1. The Kier molecular flexibility index (Phi) is 4.47. The standard InChI is InChI=1S/C20H24N4/c1-2-8-18-16(6-1)14-19(23-18)17-7-5-12-24(15-17)13-11-22-20-9-3-4-10-21-20/h1-4,6,8-10,14,17,23H,5,7,11-13,15H2,(H,21,22). The maximum Gasteiger partial charge on any atom is 0.125 e. The van der Waals surface area contributed by atoms with Gasteiger partial charge < -0.3 is 15.2 Å². The highest BCUT2D eigenvalue weighted by Crippen LogP contribution is 2.28. The minimum absolute atomic E-state index is 0.612. The molecule has 0 bridgehead atoms. The number of nitrogens with zero attached hydrogens (tertiary/aromatic N) is 2. The average molecular weight is 320 g/mol. The fraction of sp³-hybridized carbons (Fsp3) is 0.350. The number of aromatic amines is 1. The number of para-hydroxylation sites is 1. The zero-order valence-corrected chi connectivity index (χ0v) is 13.9. The van der Waals surface area contributed by atoms with E-state index in [9.17, 15) is 0 Å². The minimum atomic E-state index is 0.612. The van der Waals surface area contributed by atoms with Crippen molar-refractivity contribution in [1.82, 2.24) is 14.9 Å². The Bertz CT molecular complexity index is 747. The fourth-order valence-electron chi connectivity index (χ4n) is 3.64. The topological polar surface area (TPSA) is 44.0 Å². The number of hydrogen-bond acceptors (Lipinski definition) is 3. The van der Waals surface area contributed by atoms with Crippen LogP contribution in [0.2, 0.25) is 0 Å². The van der Waals surface area contributed by atoms with Crippen molar-refractivity contribution < 1.29 is 0 Å². The van der Waals surface area contributed by atoms with Crippen molar-refractivity contribution >= 4 is 16.7 Å². The van der Waals surface area contributed by atoms with E-state index in [4.69, 9.17) is 0 Å². The SMILES string of the molecule is c1ccc(NCCN2CCCC(c3cc4ccccc4[nH]3)C2)nc1. The molecule has 124 valence electrons. The van der Waals surface area contributed by atoms with Gasteiger partial charge in [-0.3, -0.25) is 0 Å². The molecule has 4 heteroatoms. The Hall–Kier alpha value is -2.33. The molecule has 0 saturated carbocycles. The molecule has 3 heterocycles. The third-order valence-electron chi connectivity index (χ3n) is 4.90. The number of nitrogens with one attached hydrogen (secondary N) is 2. The predicted molar refractivity (Wildman–Crippen MR) is 99.4 cm³/mol. The van der Waals surface area contributed by atoms with Crippen molar-refractivity contribution in [3.05, 3.63) is 60.4 Å². The van der Waals surface area contributed by atoms with Crippen molar-refractivity contribution in [2.45, 2.75) is 18.8 Å². The smallest absolute Gasteiger partial charge is 0.125 e. The van der Waals surface area contributed by atoms with Crippen molar-refractivity contribution in [1.29, 1.82) is 0 Å². The number of aromatic nitrogens is 2. The molecule has 4 nitrogen and oxygen atoms in total. The van der Waals surface area contributed by atoms with Gasteiger partial charge in [-0.05, 0) is 49.0 Å². The summed E-state index contributed by atoms with van der Waals surface area (Å²) in [6, 6.07) is 16.9. The van der Waals surface area contributed by atoms with Gasteiger partial charge in [0.25, 0.3) is 0 Å². The summed E-state index contributed by atoms with van der Waals surface area (Å²) in [5.74, 6) is 1.57. The summed E-state index contributed by atoms with van der Waals surface area (Å²) in [7, 11) is 0. The molecule has 3 aromatic rings. The average Bonchev–Trinajstić information content (AvgIpc) is 3.07. The minimum Gasteiger partial charge on any atom is -0.369 e. The summed E-state index contributed by atoms with van der Waals surface area (Å²) in [6.45, 7) is 4.33. The van der Waals surface area contributed by atoms with Gasteiger partial charge in [-0.1, -0.05) is 24.3 Å². The van der Waals surface area contributed by atoms with Crippen LogP contribution in [0, 0.1) is 0 Å². The predicted octanol–water partition coefficient (Wildman–Crippen LogP) is 3.85. The molecule has 1 aliphatic heterocycles. The van der Waals surface area contributed by atoms with Gasteiger partial charge in [0.2, 0.25) is 0 Å². The highest BCUT2D eigenvalue weighted by molar-refractivity contribution is 5.80. The van der Waals surface area contributed by atoms with E-state index >= 15 is 0 Å². The Balaban J connectivity index is 1.35. The Labute approximate surface area is 142 Å². The van der Waals surface area contributed by atoms with Gasteiger partial charge in [0.15, 0.2) is 0 Å². The van der Waals surface area contributed by atoms with Crippen molar-refractivity contribution in [3.8, 4) is 0 Å². The molecule has 1 fully saturated rings. The lowest BCUT2D eigenvalue weighted by molar-refractivity contribution is 0.213. The zero-order chi connectivity index (χ0) is 16.2. The summed E-state index contributed by atoms with van der Waals surface area (Å²) in [5, 5.41) is 4.73. The molecule has 0 radical (unpaired) electrons. The number of hydrogen-bond donors (Lipinski definition) is 2. The molecule has 1 atom stereocenters. The van der Waals surface area contributed by atoms with Gasteiger partial charge in [0.1, 0.15) is 5.82 Å². The number of benzene rings is 1. The van der Waals surface area contributed by atoms with Gasteiger partial charge in [-0.15, -0.1) is 0 Å². The van der Waals surface area contributed by atoms with E-state index < -0.39 is 0 Å². The Morgan fingerprint density at radius 2 is 2.08 bits per heavy atom. The first-order valence-corrected chi connectivity index (χ1v) is 8.83. The molecule has 1 aliphatic rings. The summed E-state index contributed by atoms with van der Waals surface area (Å²) < 4.78 is 0. The van der Waals surface area contributed by atoms with Crippen molar-refractivity contribution in [2.24, 2.45) is 0 Å². The molecule has 24 heavy (non-hydrogen) atoms. The van der Waals surface area contributed by atoms with Crippen LogP contribution in [0.15, 0.2) is 54.7 Å². The second-order valence-corrected chi connectivity index (χ2v) is 6.59. The maximum atomic E-state index is 4.31. The number of rotatable bonds is 5. The molecular formula is C20H24N4. The van der Waals surface area contributed by atoms with Crippen LogP contribution in [-0.4, -0.2) is 41.0 Å². The van der Waals surface area contributed by atoms with Gasteiger partial charge in [-0.2, -0.15) is 0 Å². The second kappa shape index (κ2) is 7.05. The summed E-state index contributed by atoms with van der Waals surface area (Å²) in [6.07, 6.45) is 4.37. The van der Waals surface area contributed by atoms with E-state index in [0.29, 0.717) is 5.92 Å². The number of anilines is 1. The molecule has 1 saturated heterocycles. The van der Waals surface area contributed by atoms with Crippen LogP contribution in [0.3, 0.4) is 0 Å². The quantitative estimate of drug-likeness (QED) is 0.750. The van der Waals surface area contributed by atoms with Crippen molar-refractivity contribution in [2.75, 3.05) is 31.5 Å². The number of fused-ring (bicyclic) bond motifs is 1. The molecule has 0 amide bonds. The van der Waals surface area contributed by atoms with E-state index in [1.807, 2.05) is 24.4 Å². The van der Waals surface area contributed by atoms with Gasteiger partial charge >= 0.3 is 0 Å². The van der Waals surface area contributed by atoms with Crippen LogP contribution in [0.1, 0.15) is 24.5 Å². The van der Waals surface area contributed by atoms with E-state index in [1.165, 1.54) is 36.0 Å². The molecule has 1 aromatic carbocycles.